The van der Waals surface area contributed by atoms with Crippen LogP contribution in [0.15, 0.2) is 11.6 Å². The third-order valence-electron chi connectivity index (χ3n) is 8.70. The standard InChI is InChI=1S/C24H36O5/c1-8-22(6)13-20(28-16(4)25)23(7)14(2)9-10-24(12-18(27)11-19(23)24)15(3)21(22)29-17(5)26/h11,14-15,20-21H,8-10,12-13H2,1-7H3/t14-,15+,20-,21+,22-,23-,24+/m1/s1. The van der Waals surface area contributed by atoms with Crippen molar-refractivity contribution in [2.75, 3.05) is 0 Å². The van der Waals surface area contributed by atoms with Gasteiger partial charge in [0.25, 0.3) is 0 Å². The maximum absolute atomic E-state index is 12.8. The molecule has 5 nitrogen and oxygen atoms in total. The highest BCUT2D eigenvalue weighted by Crippen LogP contribution is 2.67. The van der Waals surface area contributed by atoms with Gasteiger partial charge in [-0.05, 0) is 43.3 Å². The summed E-state index contributed by atoms with van der Waals surface area (Å²) in [5.74, 6) is -0.171. The fourth-order valence-corrected chi connectivity index (χ4v) is 6.62. The number of esters is 2. The second kappa shape index (κ2) is 7.24. The highest BCUT2D eigenvalue weighted by atomic mass is 16.6. The average Bonchev–Trinajstić information content (AvgIpc) is 2.99. The number of ether oxygens (including phenoxy) is 2. The van der Waals surface area contributed by atoms with Gasteiger partial charge in [-0.1, -0.05) is 34.6 Å². The Bertz CT molecular complexity index is 754. The van der Waals surface area contributed by atoms with Gasteiger partial charge in [-0.15, -0.1) is 0 Å². The minimum atomic E-state index is -0.401. The molecule has 3 rings (SSSR count). The molecule has 0 aromatic rings. The Kier molecular flexibility index (Phi) is 5.51. The molecular weight excluding hydrogens is 368 g/mol. The summed E-state index contributed by atoms with van der Waals surface area (Å²) in [6.45, 7) is 13.7. The van der Waals surface area contributed by atoms with Gasteiger partial charge in [0.1, 0.15) is 12.2 Å². The van der Waals surface area contributed by atoms with E-state index < -0.39 is 5.41 Å². The molecule has 7 atom stereocenters. The van der Waals surface area contributed by atoms with Crippen LogP contribution in [-0.4, -0.2) is 29.9 Å². The molecular formula is C24H36O5. The first kappa shape index (κ1) is 22.0. The van der Waals surface area contributed by atoms with Crippen molar-refractivity contribution < 1.29 is 23.9 Å². The van der Waals surface area contributed by atoms with Crippen molar-refractivity contribution in [3.63, 3.8) is 0 Å². The van der Waals surface area contributed by atoms with Crippen molar-refractivity contribution in [2.45, 2.75) is 92.8 Å². The van der Waals surface area contributed by atoms with Gasteiger partial charge in [0, 0.05) is 42.4 Å². The second-order valence-corrected chi connectivity index (χ2v) is 10.2. The van der Waals surface area contributed by atoms with E-state index in [1.54, 1.807) is 0 Å². The van der Waals surface area contributed by atoms with Gasteiger partial charge in [-0.3, -0.25) is 14.4 Å². The van der Waals surface area contributed by atoms with Gasteiger partial charge >= 0.3 is 11.9 Å². The van der Waals surface area contributed by atoms with Crippen LogP contribution in [0.2, 0.25) is 0 Å². The minimum absolute atomic E-state index is 0.0131. The van der Waals surface area contributed by atoms with E-state index in [0.29, 0.717) is 12.8 Å². The Labute approximate surface area is 174 Å². The Morgan fingerprint density at radius 3 is 2.31 bits per heavy atom. The molecule has 0 unspecified atom stereocenters. The topological polar surface area (TPSA) is 69.7 Å². The molecule has 2 fully saturated rings. The highest BCUT2D eigenvalue weighted by molar-refractivity contribution is 5.95. The summed E-state index contributed by atoms with van der Waals surface area (Å²) in [5.41, 5.74) is 0.0198. The Balaban J connectivity index is 2.26. The SMILES string of the molecule is CC[C@]1(C)C[C@@H](OC(C)=O)[C@@]2(C)C3=CC(=O)C[C@@]3(CC[C@H]2C)[C@@H](C)[C@@H]1OC(C)=O. The van der Waals surface area contributed by atoms with Crippen LogP contribution in [0.4, 0.5) is 0 Å². The summed E-state index contributed by atoms with van der Waals surface area (Å²) in [6.07, 6.45) is 4.83. The summed E-state index contributed by atoms with van der Waals surface area (Å²) in [5, 5.41) is 0. The molecule has 5 heteroatoms. The van der Waals surface area contributed by atoms with Crippen molar-refractivity contribution in [1.82, 2.24) is 0 Å². The fourth-order valence-electron chi connectivity index (χ4n) is 6.62. The van der Waals surface area contributed by atoms with Gasteiger partial charge < -0.3 is 9.47 Å². The lowest BCUT2D eigenvalue weighted by Gasteiger charge is -2.60. The van der Waals surface area contributed by atoms with Crippen molar-refractivity contribution in [2.24, 2.45) is 28.1 Å². The van der Waals surface area contributed by atoms with Crippen LogP contribution in [0.5, 0.6) is 0 Å². The van der Waals surface area contributed by atoms with Gasteiger partial charge in [0.05, 0.1) is 0 Å². The summed E-state index contributed by atoms with van der Waals surface area (Å²) in [4.78, 5) is 36.9. The summed E-state index contributed by atoms with van der Waals surface area (Å²) >= 11 is 0. The number of carbonyl (C=O) groups excluding carboxylic acids is 3. The molecule has 0 N–H and O–H groups in total. The van der Waals surface area contributed by atoms with E-state index in [0.717, 1.165) is 24.8 Å². The van der Waals surface area contributed by atoms with E-state index in [2.05, 4.69) is 34.6 Å². The van der Waals surface area contributed by atoms with E-state index in [1.807, 2.05) is 6.08 Å². The third-order valence-corrected chi connectivity index (χ3v) is 8.70. The van der Waals surface area contributed by atoms with Crippen LogP contribution in [0, 0.1) is 28.1 Å². The molecule has 0 aliphatic heterocycles. The fraction of sp³-hybridized carbons (Fsp3) is 0.792. The van der Waals surface area contributed by atoms with Gasteiger partial charge in [0.2, 0.25) is 0 Å². The van der Waals surface area contributed by atoms with Gasteiger partial charge in [-0.25, -0.2) is 0 Å². The smallest absolute Gasteiger partial charge is 0.302 e. The van der Waals surface area contributed by atoms with Crippen molar-refractivity contribution in [3.8, 4) is 0 Å². The average molecular weight is 405 g/mol. The number of ketones is 1. The molecule has 0 aromatic carbocycles. The number of rotatable bonds is 3. The maximum atomic E-state index is 12.8. The zero-order valence-electron chi connectivity index (χ0n) is 19.0. The van der Waals surface area contributed by atoms with E-state index >= 15 is 0 Å². The molecule has 3 aliphatic carbocycles. The monoisotopic (exact) mass is 404 g/mol. The van der Waals surface area contributed by atoms with Crippen molar-refractivity contribution in [3.05, 3.63) is 11.6 Å². The van der Waals surface area contributed by atoms with Crippen LogP contribution in [0.25, 0.3) is 0 Å². The molecule has 162 valence electrons. The quantitative estimate of drug-likeness (QED) is 0.642. The lowest BCUT2D eigenvalue weighted by atomic mass is 9.46. The minimum Gasteiger partial charge on any atom is -0.462 e. The lowest BCUT2D eigenvalue weighted by Crippen LogP contribution is -2.59. The predicted molar refractivity (Wildman–Crippen MR) is 110 cm³/mol. The molecule has 0 spiro atoms. The van der Waals surface area contributed by atoms with E-state index in [1.165, 1.54) is 13.8 Å². The Morgan fingerprint density at radius 2 is 1.76 bits per heavy atom. The molecule has 0 heterocycles. The van der Waals surface area contributed by atoms with Crippen LogP contribution in [0.1, 0.15) is 80.6 Å². The number of carbonyl (C=O) groups is 3. The van der Waals surface area contributed by atoms with E-state index in [4.69, 9.17) is 9.47 Å². The molecule has 0 amide bonds. The maximum Gasteiger partial charge on any atom is 0.302 e. The van der Waals surface area contributed by atoms with Crippen LogP contribution in [-0.2, 0) is 23.9 Å². The van der Waals surface area contributed by atoms with E-state index in [9.17, 15) is 14.4 Å². The number of hydrogen-bond acceptors (Lipinski definition) is 5. The lowest BCUT2D eigenvalue weighted by molar-refractivity contribution is -0.187. The summed E-state index contributed by atoms with van der Waals surface area (Å²) in [7, 11) is 0. The van der Waals surface area contributed by atoms with Crippen molar-refractivity contribution >= 4 is 17.7 Å². The Hall–Kier alpha value is -1.65. The summed E-state index contributed by atoms with van der Waals surface area (Å²) < 4.78 is 12.0. The van der Waals surface area contributed by atoms with Crippen LogP contribution >= 0.6 is 0 Å². The van der Waals surface area contributed by atoms with Gasteiger partial charge in [0.15, 0.2) is 5.78 Å². The first-order chi connectivity index (χ1) is 13.4. The molecule has 0 radical (unpaired) electrons. The highest BCUT2D eigenvalue weighted by Gasteiger charge is 2.64. The molecule has 0 aromatic heterocycles. The molecule has 2 saturated carbocycles. The second-order valence-electron chi connectivity index (χ2n) is 10.2. The van der Waals surface area contributed by atoms with E-state index in [-0.39, 0.29) is 52.6 Å². The zero-order valence-corrected chi connectivity index (χ0v) is 19.0. The molecule has 2 bridgehead atoms. The third kappa shape index (κ3) is 3.25. The van der Waals surface area contributed by atoms with Gasteiger partial charge in [-0.2, -0.15) is 0 Å². The first-order valence-corrected chi connectivity index (χ1v) is 11.0. The van der Waals surface area contributed by atoms with Crippen molar-refractivity contribution in [1.29, 1.82) is 0 Å². The Morgan fingerprint density at radius 1 is 1.14 bits per heavy atom. The first-order valence-electron chi connectivity index (χ1n) is 11.0. The summed E-state index contributed by atoms with van der Waals surface area (Å²) in [6, 6.07) is 0. The molecule has 29 heavy (non-hydrogen) atoms. The molecule has 0 saturated heterocycles. The normalized spacial score (nSPS) is 44.2. The largest absolute Gasteiger partial charge is 0.462 e. The number of hydrogen-bond donors (Lipinski definition) is 0. The number of allylic oxidation sites excluding steroid dienone is 1. The molecule has 3 aliphatic rings. The predicted octanol–water partition coefficient (Wildman–Crippen LogP) is 4.63. The zero-order chi connectivity index (χ0) is 21.8. The van der Waals surface area contributed by atoms with Crippen LogP contribution < -0.4 is 0 Å². The van der Waals surface area contributed by atoms with Crippen LogP contribution in [0.3, 0.4) is 0 Å².